The van der Waals surface area contributed by atoms with Gasteiger partial charge in [0.25, 0.3) is 0 Å². The van der Waals surface area contributed by atoms with E-state index < -0.39 is 11.0 Å². The Morgan fingerprint density at radius 3 is 1.77 bits per heavy atom. The van der Waals surface area contributed by atoms with Crippen molar-refractivity contribution >= 4 is 11.9 Å². The molecule has 0 N–H and O–H groups in total. The molecule has 3 rings (SSSR count). The molecule has 0 spiro atoms. The molecule has 0 aromatic heterocycles. The van der Waals surface area contributed by atoms with Gasteiger partial charge in [0.05, 0.1) is 20.0 Å². The Morgan fingerprint density at radius 1 is 0.846 bits per heavy atom. The molecule has 0 radical (unpaired) electrons. The average molecular weight is 352 g/mol. The summed E-state index contributed by atoms with van der Waals surface area (Å²) >= 11 is 0. The molecule has 0 atom stereocenters. The van der Waals surface area contributed by atoms with E-state index in [4.69, 9.17) is 9.47 Å². The Balaban J connectivity index is 2.14. The van der Waals surface area contributed by atoms with Crippen LogP contribution in [0.4, 0.5) is 0 Å². The van der Waals surface area contributed by atoms with Crippen molar-refractivity contribution in [3.8, 4) is 11.1 Å². The van der Waals surface area contributed by atoms with Crippen molar-refractivity contribution in [1.29, 1.82) is 0 Å². The summed E-state index contributed by atoms with van der Waals surface area (Å²) in [6.45, 7) is 5.53. The van der Waals surface area contributed by atoms with Crippen LogP contribution in [0.2, 0.25) is 0 Å². The largest absolute Gasteiger partial charge is 0.469 e. The number of rotatable bonds is 4. The fraction of sp³-hybridized carbons (Fsp3) is 0.364. The molecular formula is C22H24O4. The number of carbonyl (C=O) groups excluding carboxylic acids is 2. The number of carbonyl (C=O) groups is 2. The Hall–Kier alpha value is -2.62. The van der Waals surface area contributed by atoms with Crippen LogP contribution >= 0.6 is 0 Å². The van der Waals surface area contributed by atoms with Crippen LogP contribution < -0.4 is 0 Å². The minimum absolute atomic E-state index is 0.0907. The highest BCUT2D eigenvalue weighted by atomic mass is 16.6. The van der Waals surface area contributed by atoms with Gasteiger partial charge < -0.3 is 9.47 Å². The minimum atomic E-state index is -0.775. The molecule has 0 aliphatic heterocycles. The Labute approximate surface area is 154 Å². The minimum Gasteiger partial charge on any atom is -0.469 e. The number of esters is 2. The monoisotopic (exact) mass is 352 g/mol. The molecule has 0 unspecified atom stereocenters. The van der Waals surface area contributed by atoms with E-state index in [1.54, 1.807) is 0 Å². The van der Waals surface area contributed by atoms with E-state index in [-0.39, 0.29) is 24.8 Å². The lowest BCUT2D eigenvalue weighted by Gasteiger charge is -2.31. The Bertz CT molecular complexity index is 800. The molecule has 136 valence electrons. The summed E-state index contributed by atoms with van der Waals surface area (Å²) in [5.74, 6) is -0.673. The van der Waals surface area contributed by atoms with Crippen molar-refractivity contribution in [2.24, 2.45) is 0 Å². The van der Waals surface area contributed by atoms with E-state index in [0.717, 1.165) is 22.3 Å². The normalized spacial score (nSPS) is 14.3. The van der Waals surface area contributed by atoms with Crippen LogP contribution in [0, 0.1) is 0 Å². The van der Waals surface area contributed by atoms with Crippen molar-refractivity contribution in [2.45, 2.75) is 44.6 Å². The maximum absolute atomic E-state index is 12.7. The van der Waals surface area contributed by atoms with Gasteiger partial charge in [-0.05, 0) is 43.0 Å². The van der Waals surface area contributed by atoms with E-state index >= 15 is 0 Å². The highest BCUT2D eigenvalue weighted by Gasteiger charge is 2.47. The summed E-state index contributed by atoms with van der Waals surface area (Å²) in [5.41, 5.74) is 2.69. The van der Waals surface area contributed by atoms with Gasteiger partial charge in [0.1, 0.15) is 5.60 Å². The van der Waals surface area contributed by atoms with Gasteiger partial charge >= 0.3 is 11.9 Å². The molecule has 0 heterocycles. The van der Waals surface area contributed by atoms with Gasteiger partial charge in [-0.15, -0.1) is 0 Å². The standard InChI is InChI=1S/C22H24O4/c1-21(2,3)26-20(24)14-22(13-19(23)25-4)17-11-7-5-9-15(17)16-10-6-8-12-18(16)22/h5-12H,13-14H2,1-4H3. The molecule has 2 aromatic carbocycles. The lowest BCUT2D eigenvalue weighted by Crippen LogP contribution is -2.35. The van der Waals surface area contributed by atoms with Crippen LogP contribution in [0.15, 0.2) is 48.5 Å². The number of fused-ring (bicyclic) bond motifs is 3. The summed E-state index contributed by atoms with van der Waals surface area (Å²) in [6.07, 6.45) is 0.185. The highest BCUT2D eigenvalue weighted by Crippen LogP contribution is 2.52. The first-order valence-corrected chi connectivity index (χ1v) is 8.75. The van der Waals surface area contributed by atoms with Crippen molar-refractivity contribution in [2.75, 3.05) is 7.11 Å². The van der Waals surface area contributed by atoms with Gasteiger partial charge in [-0.3, -0.25) is 9.59 Å². The van der Waals surface area contributed by atoms with Gasteiger partial charge in [0.2, 0.25) is 0 Å². The third-order valence-electron chi connectivity index (χ3n) is 4.72. The first-order chi connectivity index (χ1) is 12.3. The van der Waals surface area contributed by atoms with Crippen LogP contribution in [0.25, 0.3) is 11.1 Å². The van der Waals surface area contributed by atoms with Crippen molar-refractivity contribution in [1.82, 2.24) is 0 Å². The zero-order valence-electron chi connectivity index (χ0n) is 15.7. The SMILES string of the molecule is COC(=O)CC1(CC(=O)OC(C)(C)C)c2ccccc2-c2ccccc21. The van der Waals surface area contributed by atoms with Crippen molar-refractivity contribution < 1.29 is 19.1 Å². The molecule has 0 saturated heterocycles. The smallest absolute Gasteiger partial charge is 0.307 e. The summed E-state index contributed by atoms with van der Waals surface area (Å²) in [6, 6.07) is 15.8. The van der Waals surface area contributed by atoms with Gasteiger partial charge in [0, 0.05) is 5.41 Å². The van der Waals surface area contributed by atoms with E-state index in [9.17, 15) is 9.59 Å². The summed E-state index contributed by atoms with van der Waals surface area (Å²) < 4.78 is 10.5. The van der Waals surface area contributed by atoms with Crippen LogP contribution in [0.3, 0.4) is 0 Å². The zero-order valence-corrected chi connectivity index (χ0v) is 15.7. The van der Waals surface area contributed by atoms with Crippen LogP contribution in [-0.2, 0) is 24.5 Å². The van der Waals surface area contributed by atoms with Crippen LogP contribution in [0.5, 0.6) is 0 Å². The fourth-order valence-corrected chi connectivity index (χ4v) is 3.80. The fourth-order valence-electron chi connectivity index (χ4n) is 3.80. The van der Waals surface area contributed by atoms with E-state index in [1.165, 1.54) is 7.11 Å². The Morgan fingerprint density at radius 2 is 1.31 bits per heavy atom. The number of ether oxygens (including phenoxy) is 2. The van der Waals surface area contributed by atoms with E-state index in [0.29, 0.717) is 0 Å². The maximum Gasteiger partial charge on any atom is 0.307 e. The quantitative estimate of drug-likeness (QED) is 0.772. The third-order valence-corrected chi connectivity index (χ3v) is 4.72. The van der Waals surface area contributed by atoms with Crippen molar-refractivity contribution in [3.63, 3.8) is 0 Å². The number of hydrogen-bond donors (Lipinski definition) is 0. The first kappa shape index (κ1) is 18.2. The molecule has 1 aliphatic rings. The van der Waals surface area contributed by atoms with Gasteiger partial charge in [-0.2, -0.15) is 0 Å². The molecule has 0 amide bonds. The summed E-state index contributed by atoms with van der Waals surface area (Å²) in [4.78, 5) is 25.0. The second kappa shape index (κ2) is 6.60. The van der Waals surface area contributed by atoms with Crippen LogP contribution in [-0.4, -0.2) is 24.6 Å². The molecule has 26 heavy (non-hydrogen) atoms. The highest BCUT2D eigenvalue weighted by molar-refractivity contribution is 5.88. The average Bonchev–Trinajstić information content (AvgIpc) is 2.84. The lowest BCUT2D eigenvalue weighted by molar-refractivity contribution is -0.156. The first-order valence-electron chi connectivity index (χ1n) is 8.75. The topological polar surface area (TPSA) is 52.6 Å². The molecule has 1 aliphatic carbocycles. The third kappa shape index (κ3) is 3.24. The molecule has 0 saturated carbocycles. The second-order valence-corrected chi connectivity index (χ2v) is 7.69. The summed E-state index contributed by atoms with van der Waals surface area (Å²) in [5, 5.41) is 0. The van der Waals surface area contributed by atoms with Gasteiger partial charge in [-0.1, -0.05) is 48.5 Å². The molecule has 0 bridgehead atoms. The van der Waals surface area contributed by atoms with E-state index in [1.807, 2.05) is 69.3 Å². The Kier molecular flexibility index (Phi) is 4.61. The predicted octanol–water partition coefficient (Wildman–Crippen LogP) is 4.25. The second-order valence-electron chi connectivity index (χ2n) is 7.69. The summed E-state index contributed by atoms with van der Waals surface area (Å²) in [7, 11) is 1.37. The predicted molar refractivity (Wildman–Crippen MR) is 99.8 cm³/mol. The number of methoxy groups -OCH3 is 1. The lowest BCUT2D eigenvalue weighted by atomic mass is 9.73. The molecule has 4 nitrogen and oxygen atoms in total. The van der Waals surface area contributed by atoms with Gasteiger partial charge in [0.15, 0.2) is 0 Å². The number of benzene rings is 2. The molecule has 4 heteroatoms. The number of hydrogen-bond acceptors (Lipinski definition) is 4. The maximum atomic E-state index is 12.7. The molecule has 0 fully saturated rings. The molecule has 2 aromatic rings. The molecular weight excluding hydrogens is 328 g/mol. The van der Waals surface area contributed by atoms with Crippen LogP contribution in [0.1, 0.15) is 44.7 Å². The van der Waals surface area contributed by atoms with Gasteiger partial charge in [-0.25, -0.2) is 0 Å². The van der Waals surface area contributed by atoms with Crippen molar-refractivity contribution in [3.05, 3.63) is 59.7 Å². The zero-order chi connectivity index (χ0) is 18.9. The van der Waals surface area contributed by atoms with E-state index in [2.05, 4.69) is 0 Å².